The number of thioether (sulfide) groups is 2. The van der Waals surface area contributed by atoms with Gasteiger partial charge in [-0.2, -0.15) is 0 Å². The Morgan fingerprint density at radius 1 is 1.50 bits per heavy atom. The third kappa shape index (κ3) is 4.24. The number of nitrogens with zero attached hydrogens (tertiary/aromatic N) is 2. The maximum absolute atomic E-state index is 4.56. The zero-order valence-corrected chi connectivity index (χ0v) is 11.0. The Morgan fingerprint density at radius 3 is 2.71 bits per heavy atom. The van der Waals surface area contributed by atoms with Crippen LogP contribution in [0.2, 0.25) is 0 Å². The minimum atomic E-state index is 0.538. The van der Waals surface area contributed by atoms with Crippen molar-refractivity contribution in [2.75, 3.05) is 31.1 Å². The molecular weight excluding hydrogens is 212 g/mol. The van der Waals surface area contributed by atoms with Crippen LogP contribution in [0.4, 0.5) is 0 Å². The predicted molar refractivity (Wildman–Crippen MR) is 69.6 cm³/mol. The molecule has 0 saturated carbocycles. The predicted octanol–water partition coefficient (Wildman–Crippen LogP) is 2.55. The van der Waals surface area contributed by atoms with E-state index in [2.05, 4.69) is 30.7 Å². The van der Waals surface area contributed by atoms with Crippen molar-refractivity contribution in [2.24, 2.45) is 4.99 Å². The lowest BCUT2D eigenvalue weighted by molar-refractivity contribution is 0.324. The monoisotopic (exact) mass is 232 g/mol. The fourth-order valence-electron chi connectivity index (χ4n) is 1.33. The zero-order chi connectivity index (χ0) is 10.4. The van der Waals surface area contributed by atoms with Gasteiger partial charge in [-0.15, -0.1) is 0 Å². The molecule has 0 spiro atoms. The van der Waals surface area contributed by atoms with Crippen molar-refractivity contribution in [3.63, 3.8) is 0 Å². The van der Waals surface area contributed by atoms with E-state index < -0.39 is 0 Å². The summed E-state index contributed by atoms with van der Waals surface area (Å²) in [5.41, 5.74) is 0. The van der Waals surface area contributed by atoms with Crippen LogP contribution in [0.1, 0.15) is 20.8 Å². The topological polar surface area (TPSA) is 15.6 Å². The molecule has 0 aromatic heterocycles. The normalized spacial score (nSPS) is 21.7. The van der Waals surface area contributed by atoms with Crippen LogP contribution in [0.5, 0.6) is 0 Å². The van der Waals surface area contributed by atoms with Gasteiger partial charge in [-0.05, 0) is 20.0 Å². The average Bonchev–Trinajstić information content (AvgIpc) is 2.59. The van der Waals surface area contributed by atoms with Crippen LogP contribution in [-0.2, 0) is 0 Å². The van der Waals surface area contributed by atoms with Gasteiger partial charge in [0, 0.05) is 18.1 Å². The Labute approximate surface area is 95.9 Å². The van der Waals surface area contributed by atoms with E-state index in [4.69, 9.17) is 0 Å². The summed E-state index contributed by atoms with van der Waals surface area (Å²) in [6.45, 7) is 10.1. The smallest absolute Gasteiger partial charge is 0.124 e. The molecule has 0 aromatic carbocycles. The van der Waals surface area contributed by atoms with Crippen molar-refractivity contribution in [3.8, 4) is 0 Å². The van der Waals surface area contributed by atoms with Crippen LogP contribution in [0.15, 0.2) is 4.99 Å². The van der Waals surface area contributed by atoms with Gasteiger partial charge in [-0.25, -0.2) is 0 Å². The van der Waals surface area contributed by atoms with Gasteiger partial charge >= 0.3 is 0 Å². The summed E-state index contributed by atoms with van der Waals surface area (Å²) < 4.78 is 1.30. The highest BCUT2D eigenvalue weighted by Gasteiger charge is 2.13. The summed E-state index contributed by atoms with van der Waals surface area (Å²) in [5.74, 6) is 2.35. The van der Waals surface area contributed by atoms with Crippen molar-refractivity contribution in [1.29, 1.82) is 0 Å². The molecule has 1 heterocycles. The molecule has 82 valence electrons. The fraction of sp³-hybridized carbons (Fsp3) is 0.900. The molecular formula is C10H20N2S2. The molecule has 1 unspecified atom stereocenters. The molecule has 4 heteroatoms. The first kappa shape index (κ1) is 12.4. The summed E-state index contributed by atoms with van der Waals surface area (Å²) in [7, 11) is 0. The van der Waals surface area contributed by atoms with Crippen molar-refractivity contribution in [2.45, 2.75) is 26.8 Å². The number of aliphatic imine (C=N–C) groups is 1. The molecule has 1 atom stereocenters. The first-order chi connectivity index (χ1) is 6.76. The lowest BCUT2D eigenvalue weighted by Crippen LogP contribution is -2.25. The van der Waals surface area contributed by atoms with Crippen molar-refractivity contribution >= 4 is 27.9 Å². The van der Waals surface area contributed by atoms with Crippen molar-refractivity contribution in [3.05, 3.63) is 0 Å². The molecule has 0 aliphatic carbocycles. The van der Waals surface area contributed by atoms with E-state index in [1.165, 1.54) is 22.4 Å². The van der Waals surface area contributed by atoms with E-state index in [1.807, 2.05) is 23.5 Å². The van der Waals surface area contributed by atoms with E-state index in [1.54, 1.807) is 0 Å². The Bertz CT molecular complexity index is 191. The summed E-state index contributed by atoms with van der Waals surface area (Å²) in [6, 6.07) is 0.538. The number of hydrogen-bond acceptors (Lipinski definition) is 4. The second-order valence-corrected chi connectivity index (χ2v) is 5.78. The highest BCUT2D eigenvalue weighted by Crippen LogP contribution is 2.25. The molecule has 0 N–H and O–H groups in total. The molecule has 1 aliphatic rings. The molecule has 1 aliphatic heterocycles. The third-order valence-electron chi connectivity index (χ3n) is 2.30. The maximum Gasteiger partial charge on any atom is 0.124 e. The Kier molecular flexibility index (Phi) is 5.98. The molecule has 0 radical (unpaired) electrons. The first-order valence-electron chi connectivity index (χ1n) is 5.32. The van der Waals surface area contributed by atoms with Gasteiger partial charge in [-0.1, -0.05) is 37.4 Å². The Hall–Kier alpha value is 0.330. The Balaban J connectivity index is 2.12. The van der Waals surface area contributed by atoms with Gasteiger partial charge in [0.05, 0.1) is 6.04 Å². The van der Waals surface area contributed by atoms with E-state index in [-0.39, 0.29) is 0 Å². The van der Waals surface area contributed by atoms with E-state index in [0.29, 0.717) is 6.04 Å². The minimum absolute atomic E-state index is 0.538. The number of hydrogen-bond donors (Lipinski definition) is 0. The van der Waals surface area contributed by atoms with Crippen LogP contribution in [-0.4, -0.2) is 46.5 Å². The van der Waals surface area contributed by atoms with Gasteiger partial charge in [0.2, 0.25) is 0 Å². The number of rotatable bonds is 5. The lowest BCUT2D eigenvalue weighted by Gasteiger charge is -2.16. The maximum atomic E-state index is 4.56. The van der Waals surface area contributed by atoms with Crippen molar-refractivity contribution < 1.29 is 0 Å². The van der Waals surface area contributed by atoms with E-state index in [0.717, 1.165) is 13.1 Å². The molecule has 1 rings (SSSR count). The highest BCUT2D eigenvalue weighted by atomic mass is 32.2. The van der Waals surface area contributed by atoms with Crippen LogP contribution < -0.4 is 0 Å². The standard InChI is InChI=1S/C10H20N2S2/c1-4-12(5-2)6-7-13-10-11-9(3)8-14-10/h9H,4-8H2,1-3H3. The molecule has 0 fully saturated rings. The largest absolute Gasteiger partial charge is 0.303 e. The van der Waals surface area contributed by atoms with Gasteiger partial charge in [0.15, 0.2) is 0 Å². The second kappa shape index (κ2) is 6.75. The van der Waals surface area contributed by atoms with Crippen LogP contribution >= 0.6 is 23.5 Å². The van der Waals surface area contributed by atoms with Crippen molar-refractivity contribution in [1.82, 2.24) is 4.90 Å². The molecule has 14 heavy (non-hydrogen) atoms. The van der Waals surface area contributed by atoms with Gasteiger partial charge in [-0.3, -0.25) is 4.99 Å². The molecule has 0 saturated heterocycles. The minimum Gasteiger partial charge on any atom is -0.303 e. The van der Waals surface area contributed by atoms with Gasteiger partial charge in [0.1, 0.15) is 4.38 Å². The van der Waals surface area contributed by atoms with Crippen LogP contribution in [0, 0.1) is 0 Å². The van der Waals surface area contributed by atoms with Crippen LogP contribution in [0.3, 0.4) is 0 Å². The molecule has 2 nitrogen and oxygen atoms in total. The summed E-state index contributed by atoms with van der Waals surface area (Å²) in [4.78, 5) is 7.02. The summed E-state index contributed by atoms with van der Waals surface area (Å²) in [6.07, 6.45) is 0. The lowest BCUT2D eigenvalue weighted by atomic mass is 10.4. The van der Waals surface area contributed by atoms with Gasteiger partial charge in [0.25, 0.3) is 0 Å². The molecule has 0 amide bonds. The highest BCUT2D eigenvalue weighted by molar-refractivity contribution is 8.39. The Morgan fingerprint density at radius 2 is 2.21 bits per heavy atom. The summed E-state index contributed by atoms with van der Waals surface area (Å²) in [5, 5.41) is 0. The first-order valence-corrected chi connectivity index (χ1v) is 7.29. The van der Waals surface area contributed by atoms with E-state index >= 15 is 0 Å². The zero-order valence-electron chi connectivity index (χ0n) is 9.32. The van der Waals surface area contributed by atoms with E-state index in [9.17, 15) is 0 Å². The molecule has 0 aromatic rings. The quantitative estimate of drug-likeness (QED) is 0.724. The fourth-order valence-corrected chi connectivity index (χ4v) is 3.61. The average molecular weight is 232 g/mol. The van der Waals surface area contributed by atoms with Gasteiger partial charge < -0.3 is 4.90 Å². The second-order valence-electron chi connectivity index (χ2n) is 3.43. The third-order valence-corrected chi connectivity index (χ3v) is 4.75. The summed E-state index contributed by atoms with van der Waals surface area (Å²) >= 11 is 3.83. The molecule has 0 bridgehead atoms. The SMILES string of the molecule is CCN(CC)CCSC1=NC(C)CS1. The van der Waals surface area contributed by atoms with Crippen LogP contribution in [0.25, 0.3) is 0 Å².